The minimum absolute atomic E-state index is 0.0820. The van der Waals surface area contributed by atoms with E-state index in [4.69, 9.17) is 4.74 Å². The largest absolute Gasteiger partial charge is 0.497 e. The molecule has 3 rings (SSSR count). The smallest absolute Gasteiger partial charge is 0.150 e. The molecule has 2 unspecified atom stereocenters. The highest BCUT2D eigenvalue weighted by Gasteiger charge is 2.17. The lowest BCUT2D eigenvalue weighted by molar-refractivity contribution is 0.415. The Labute approximate surface area is 143 Å². The standard InChI is InChI=1S/C19H24N4O/c1-4-16-9-17(12-20-16)23-13(2)19-21-10-15(11-22-19)14-5-7-18(24-3)8-6-14/h5-8,10-13,16,20,23H,4,9H2,1-3H3. The summed E-state index contributed by atoms with van der Waals surface area (Å²) >= 11 is 0. The molecule has 5 heteroatoms. The second-order valence-electron chi connectivity index (χ2n) is 6.07. The average Bonchev–Trinajstić information content (AvgIpc) is 3.09. The molecule has 2 atom stereocenters. The third kappa shape index (κ3) is 3.67. The van der Waals surface area contributed by atoms with Crippen molar-refractivity contribution in [3.8, 4) is 16.9 Å². The van der Waals surface area contributed by atoms with E-state index in [0.717, 1.165) is 35.5 Å². The van der Waals surface area contributed by atoms with Crippen molar-refractivity contribution in [2.45, 2.75) is 38.8 Å². The van der Waals surface area contributed by atoms with Crippen LogP contribution in [0.15, 0.2) is 48.6 Å². The van der Waals surface area contributed by atoms with Gasteiger partial charge in [-0.05, 0) is 31.0 Å². The third-order valence-corrected chi connectivity index (χ3v) is 4.34. The van der Waals surface area contributed by atoms with Gasteiger partial charge in [-0.2, -0.15) is 0 Å². The normalized spacial score (nSPS) is 17.8. The van der Waals surface area contributed by atoms with Gasteiger partial charge in [0.2, 0.25) is 0 Å². The van der Waals surface area contributed by atoms with E-state index in [9.17, 15) is 0 Å². The van der Waals surface area contributed by atoms with Crippen molar-refractivity contribution in [3.05, 3.63) is 54.4 Å². The van der Waals surface area contributed by atoms with Crippen LogP contribution < -0.4 is 15.4 Å². The lowest BCUT2D eigenvalue weighted by Gasteiger charge is -2.15. The van der Waals surface area contributed by atoms with Gasteiger partial charge in [0, 0.05) is 42.3 Å². The molecular weight excluding hydrogens is 300 g/mol. The van der Waals surface area contributed by atoms with Crippen LogP contribution in [0.2, 0.25) is 0 Å². The van der Waals surface area contributed by atoms with Gasteiger partial charge in [-0.15, -0.1) is 0 Å². The SMILES string of the molecule is CCC1CC(NC(C)c2ncc(-c3ccc(OC)cc3)cn2)=CN1. The van der Waals surface area contributed by atoms with E-state index in [1.807, 2.05) is 36.7 Å². The molecule has 2 heterocycles. The van der Waals surface area contributed by atoms with Crippen LogP contribution in [0.1, 0.15) is 38.6 Å². The highest BCUT2D eigenvalue weighted by molar-refractivity contribution is 5.62. The molecule has 0 aliphatic carbocycles. The topological polar surface area (TPSA) is 59.1 Å². The van der Waals surface area contributed by atoms with Gasteiger partial charge in [-0.3, -0.25) is 0 Å². The van der Waals surface area contributed by atoms with E-state index in [-0.39, 0.29) is 6.04 Å². The van der Waals surface area contributed by atoms with E-state index in [2.05, 4.69) is 40.6 Å². The van der Waals surface area contributed by atoms with Crippen LogP contribution in [-0.2, 0) is 0 Å². The summed E-state index contributed by atoms with van der Waals surface area (Å²) in [5.74, 6) is 1.64. The minimum atomic E-state index is 0.0820. The summed E-state index contributed by atoms with van der Waals surface area (Å²) in [5, 5.41) is 6.87. The molecule has 126 valence electrons. The van der Waals surface area contributed by atoms with Crippen molar-refractivity contribution >= 4 is 0 Å². The molecule has 0 saturated carbocycles. The molecule has 0 saturated heterocycles. The molecule has 1 aliphatic heterocycles. The molecule has 0 amide bonds. The van der Waals surface area contributed by atoms with Gasteiger partial charge in [-0.25, -0.2) is 9.97 Å². The highest BCUT2D eigenvalue weighted by Crippen LogP contribution is 2.22. The Kier molecular flexibility index (Phi) is 4.99. The molecule has 0 fully saturated rings. The number of benzene rings is 1. The van der Waals surface area contributed by atoms with Gasteiger partial charge in [0.05, 0.1) is 13.2 Å². The monoisotopic (exact) mass is 324 g/mol. The van der Waals surface area contributed by atoms with E-state index in [1.165, 1.54) is 5.70 Å². The van der Waals surface area contributed by atoms with Gasteiger partial charge < -0.3 is 15.4 Å². The Balaban J connectivity index is 1.65. The number of aromatic nitrogens is 2. The third-order valence-electron chi connectivity index (χ3n) is 4.34. The molecule has 0 radical (unpaired) electrons. The maximum Gasteiger partial charge on any atom is 0.150 e. The van der Waals surface area contributed by atoms with Crippen LogP contribution in [0.4, 0.5) is 0 Å². The zero-order chi connectivity index (χ0) is 16.9. The van der Waals surface area contributed by atoms with Crippen LogP contribution in [-0.4, -0.2) is 23.1 Å². The van der Waals surface area contributed by atoms with E-state index >= 15 is 0 Å². The van der Waals surface area contributed by atoms with Crippen molar-refractivity contribution in [3.63, 3.8) is 0 Å². The molecule has 0 bridgehead atoms. The van der Waals surface area contributed by atoms with E-state index in [1.54, 1.807) is 7.11 Å². The van der Waals surface area contributed by atoms with Crippen molar-refractivity contribution in [2.75, 3.05) is 7.11 Å². The fourth-order valence-corrected chi connectivity index (χ4v) is 2.80. The van der Waals surface area contributed by atoms with Crippen molar-refractivity contribution < 1.29 is 4.74 Å². The number of ether oxygens (including phenoxy) is 1. The zero-order valence-electron chi connectivity index (χ0n) is 14.4. The van der Waals surface area contributed by atoms with Gasteiger partial charge in [0.25, 0.3) is 0 Å². The summed E-state index contributed by atoms with van der Waals surface area (Å²) in [7, 11) is 1.67. The number of hydrogen-bond acceptors (Lipinski definition) is 5. The molecule has 24 heavy (non-hydrogen) atoms. The van der Waals surface area contributed by atoms with Crippen molar-refractivity contribution in [1.29, 1.82) is 0 Å². The molecule has 2 N–H and O–H groups in total. The maximum atomic E-state index is 5.18. The highest BCUT2D eigenvalue weighted by atomic mass is 16.5. The molecular formula is C19H24N4O. The van der Waals surface area contributed by atoms with Gasteiger partial charge in [0.1, 0.15) is 11.6 Å². The Bertz CT molecular complexity index is 694. The predicted molar refractivity (Wildman–Crippen MR) is 95.5 cm³/mol. The molecule has 5 nitrogen and oxygen atoms in total. The molecule has 1 aromatic heterocycles. The fraction of sp³-hybridized carbons (Fsp3) is 0.368. The quantitative estimate of drug-likeness (QED) is 0.853. The van der Waals surface area contributed by atoms with Gasteiger partial charge in [0.15, 0.2) is 0 Å². The molecule has 0 spiro atoms. The predicted octanol–water partition coefficient (Wildman–Crippen LogP) is 3.42. The summed E-state index contributed by atoms with van der Waals surface area (Å²) in [5.41, 5.74) is 3.30. The number of rotatable bonds is 6. The zero-order valence-corrected chi connectivity index (χ0v) is 14.4. The molecule has 1 aromatic carbocycles. The first-order valence-electron chi connectivity index (χ1n) is 8.37. The summed E-state index contributed by atoms with van der Waals surface area (Å²) in [6, 6.07) is 8.53. The summed E-state index contributed by atoms with van der Waals surface area (Å²) in [6.45, 7) is 4.28. The van der Waals surface area contributed by atoms with Crippen LogP contribution >= 0.6 is 0 Å². The van der Waals surface area contributed by atoms with Gasteiger partial charge >= 0.3 is 0 Å². The summed E-state index contributed by atoms with van der Waals surface area (Å²) < 4.78 is 5.18. The molecule has 2 aromatic rings. The fourth-order valence-electron chi connectivity index (χ4n) is 2.80. The van der Waals surface area contributed by atoms with Gasteiger partial charge in [-0.1, -0.05) is 19.1 Å². The van der Waals surface area contributed by atoms with Crippen molar-refractivity contribution in [1.82, 2.24) is 20.6 Å². The van der Waals surface area contributed by atoms with Crippen LogP contribution in [0, 0.1) is 0 Å². The number of methoxy groups -OCH3 is 1. The van der Waals surface area contributed by atoms with Crippen LogP contribution in [0.3, 0.4) is 0 Å². The number of nitrogens with one attached hydrogen (secondary N) is 2. The number of hydrogen-bond donors (Lipinski definition) is 2. The van der Waals surface area contributed by atoms with Crippen LogP contribution in [0.5, 0.6) is 5.75 Å². The minimum Gasteiger partial charge on any atom is -0.497 e. The molecule has 1 aliphatic rings. The lowest BCUT2D eigenvalue weighted by atomic mass is 10.1. The summed E-state index contributed by atoms with van der Waals surface area (Å²) in [6.07, 6.45) is 7.97. The first-order valence-corrected chi connectivity index (χ1v) is 8.37. The van der Waals surface area contributed by atoms with E-state index < -0.39 is 0 Å². The Morgan fingerprint density at radius 2 is 1.92 bits per heavy atom. The van der Waals surface area contributed by atoms with Crippen molar-refractivity contribution in [2.24, 2.45) is 0 Å². The van der Waals surface area contributed by atoms with E-state index in [0.29, 0.717) is 6.04 Å². The second-order valence-corrected chi connectivity index (χ2v) is 6.07. The second kappa shape index (κ2) is 7.34. The first-order chi connectivity index (χ1) is 11.7. The summed E-state index contributed by atoms with van der Waals surface area (Å²) in [4.78, 5) is 9.05. The van der Waals surface area contributed by atoms with Crippen LogP contribution in [0.25, 0.3) is 11.1 Å². The maximum absolute atomic E-state index is 5.18. The Morgan fingerprint density at radius 1 is 1.21 bits per heavy atom. The number of nitrogens with zero attached hydrogens (tertiary/aromatic N) is 2. The lowest BCUT2D eigenvalue weighted by Crippen LogP contribution is -2.21. The first kappa shape index (κ1) is 16.3. The Hall–Kier alpha value is -2.56. The Morgan fingerprint density at radius 3 is 2.50 bits per heavy atom. The average molecular weight is 324 g/mol.